The van der Waals surface area contributed by atoms with E-state index in [4.69, 9.17) is 4.74 Å². The van der Waals surface area contributed by atoms with Crippen molar-refractivity contribution >= 4 is 50.9 Å². The molecule has 0 fully saturated rings. The number of amides is 3. The van der Waals surface area contributed by atoms with Gasteiger partial charge in [-0.2, -0.15) is 0 Å². The van der Waals surface area contributed by atoms with Gasteiger partial charge in [0.1, 0.15) is 4.83 Å². The first kappa shape index (κ1) is 20.4. The number of ether oxygens (including phenoxy) is 1. The summed E-state index contributed by atoms with van der Waals surface area (Å²) >= 11 is 1.36. The number of thiophene rings is 1. The van der Waals surface area contributed by atoms with E-state index in [0.29, 0.717) is 15.9 Å². The third-order valence-corrected chi connectivity index (χ3v) is 5.57. The topological polar surface area (TPSA) is 128 Å². The Kier molecular flexibility index (Phi) is 5.34. The van der Waals surface area contributed by atoms with Gasteiger partial charge in [0.05, 0.1) is 29.3 Å². The van der Waals surface area contributed by atoms with Crippen molar-refractivity contribution in [3.8, 4) is 0 Å². The van der Waals surface area contributed by atoms with Crippen molar-refractivity contribution in [3.05, 3.63) is 57.5 Å². The van der Waals surface area contributed by atoms with Crippen LogP contribution in [0.25, 0.3) is 10.2 Å². The second kappa shape index (κ2) is 8.11. The van der Waals surface area contributed by atoms with E-state index in [1.54, 1.807) is 11.4 Å². The molecule has 0 aliphatic carbocycles. The molecular formula is C20H16N4O6S. The molecule has 0 radical (unpaired) electrons. The smallest absolute Gasteiger partial charge is 0.308 e. The first-order valence-electron chi connectivity index (χ1n) is 9.19. The number of imide groups is 1. The third kappa shape index (κ3) is 3.94. The predicted molar refractivity (Wildman–Crippen MR) is 111 cm³/mol. The summed E-state index contributed by atoms with van der Waals surface area (Å²) in [6.45, 7) is -0.452. The van der Waals surface area contributed by atoms with Crippen LogP contribution in [0.15, 0.2) is 40.8 Å². The Bertz CT molecular complexity index is 1290. The fourth-order valence-electron chi connectivity index (χ4n) is 3.12. The summed E-state index contributed by atoms with van der Waals surface area (Å²) < 4.78 is 6.26. The van der Waals surface area contributed by atoms with E-state index in [1.807, 2.05) is 0 Å². The molecule has 0 spiro atoms. The van der Waals surface area contributed by atoms with Gasteiger partial charge in [0, 0.05) is 19.3 Å². The van der Waals surface area contributed by atoms with Crippen LogP contribution in [-0.2, 0) is 20.9 Å². The van der Waals surface area contributed by atoms with E-state index in [0.717, 1.165) is 4.90 Å². The number of carbonyl (C=O) groups is 4. The Morgan fingerprint density at radius 3 is 2.71 bits per heavy atom. The number of aromatic nitrogens is 2. The molecule has 31 heavy (non-hydrogen) atoms. The zero-order chi connectivity index (χ0) is 22.1. The van der Waals surface area contributed by atoms with E-state index in [9.17, 15) is 24.0 Å². The van der Waals surface area contributed by atoms with Crippen molar-refractivity contribution < 1.29 is 23.9 Å². The Balaban J connectivity index is 1.29. The van der Waals surface area contributed by atoms with Crippen molar-refractivity contribution in [1.82, 2.24) is 14.5 Å². The lowest BCUT2D eigenvalue weighted by atomic mass is 10.1. The van der Waals surface area contributed by atoms with Crippen LogP contribution >= 0.6 is 11.3 Å². The average Bonchev–Trinajstić information content (AvgIpc) is 3.32. The number of nitrogens with zero attached hydrogens (tertiary/aromatic N) is 3. The quantitative estimate of drug-likeness (QED) is 0.451. The van der Waals surface area contributed by atoms with Crippen LogP contribution in [0.5, 0.6) is 0 Å². The van der Waals surface area contributed by atoms with Gasteiger partial charge in [-0.25, -0.2) is 4.98 Å². The minimum atomic E-state index is -0.649. The lowest BCUT2D eigenvalue weighted by Gasteiger charge is -2.08. The molecule has 4 rings (SSSR count). The molecule has 0 saturated carbocycles. The molecule has 3 amide bonds. The molecule has 2 aromatic heterocycles. The van der Waals surface area contributed by atoms with E-state index in [-0.39, 0.29) is 29.7 Å². The molecule has 11 heteroatoms. The molecule has 10 nitrogen and oxygen atoms in total. The van der Waals surface area contributed by atoms with Crippen LogP contribution in [-0.4, -0.2) is 51.8 Å². The number of aryl methyl sites for hydroxylation is 1. The van der Waals surface area contributed by atoms with Gasteiger partial charge in [-0.1, -0.05) is 0 Å². The lowest BCUT2D eigenvalue weighted by Crippen LogP contribution is -2.24. The first-order chi connectivity index (χ1) is 14.8. The van der Waals surface area contributed by atoms with E-state index >= 15 is 0 Å². The van der Waals surface area contributed by atoms with E-state index in [2.05, 4.69) is 10.3 Å². The first-order valence-corrected chi connectivity index (χ1v) is 10.1. The second-order valence-electron chi connectivity index (χ2n) is 6.77. The fraction of sp³-hybridized carbons (Fsp3) is 0.200. The molecular weight excluding hydrogens is 424 g/mol. The van der Waals surface area contributed by atoms with Crippen molar-refractivity contribution in [2.24, 2.45) is 0 Å². The van der Waals surface area contributed by atoms with E-state index in [1.165, 1.54) is 47.5 Å². The lowest BCUT2D eigenvalue weighted by molar-refractivity contribution is -0.147. The zero-order valence-electron chi connectivity index (χ0n) is 16.3. The Labute approximate surface area is 179 Å². The molecule has 1 aliphatic rings. The van der Waals surface area contributed by atoms with Gasteiger partial charge < -0.3 is 10.1 Å². The number of fused-ring (bicyclic) bond motifs is 2. The van der Waals surface area contributed by atoms with Crippen LogP contribution in [0.4, 0.5) is 5.69 Å². The van der Waals surface area contributed by atoms with Gasteiger partial charge in [0.25, 0.3) is 23.3 Å². The average molecular weight is 440 g/mol. The predicted octanol–water partition coefficient (Wildman–Crippen LogP) is 1.26. The number of hydrogen-bond acceptors (Lipinski definition) is 8. The molecule has 1 aromatic carbocycles. The Morgan fingerprint density at radius 1 is 1.13 bits per heavy atom. The number of hydrogen-bond donors (Lipinski definition) is 1. The Hall–Kier alpha value is -3.86. The molecule has 1 aliphatic heterocycles. The summed E-state index contributed by atoms with van der Waals surface area (Å²) in [6, 6.07) is 6.02. The third-order valence-electron chi connectivity index (χ3n) is 4.74. The molecule has 1 N–H and O–H groups in total. The van der Waals surface area contributed by atoms with Crippen molar-refractivity contribution in [2.45, 2.75) is 13.0 Å². The summed E-state index contributed by atoms with van der Waals surface area (Å²) in [7, 11) is 1.38. The number of nitrogens with one attached hydrogen (secondary N) is 1. The van der Waals surface area contributed by atoms with Crippen molar-refractivity contribution in [1.29, 1.82) is 0 Å². The number of benzene rings is 1. The van der Waals surface area contributed by atoms with Gasteiger partial charge in [-0.3, -0.25) is 33.4 Å². The number of carbonyl (C=O) groups excluding carboxylic acids is 4. The normalized spacial score (nSPS) is 12.9. The largest absolute Gasteiger partial charge is 0.456 e. The van der Waals surface area contributed by atoms with Crippen LogP contribution < -0.4 is 10.9 Å². The standard InChI is InChI=1S/C20H16N4O6S/c1-23-18(27)12-3-2-11(8-14(12)19(23)28)22-15(25)9-30-16(26)4-6-24-10-21-17-13(20(24)29)5-7-31-17/h2-3,5,7-8,10H,4,6,9H2,1H3,(H,22,25). The summed E-state index contributed by atoms with van der Waals surface area (Å²) in [5.74, 6) is -2.10. The van der Waals surface area contributed by atoms with Gasteiger partial charge in [-0.15, -0.1) is 11.3 Å². The van der Waals surface area contributed by atoms with E-state index < -0.39 is 30.3 Å². The minimum Gasteiger partial charge on any atom is -0.456 e. The number of esters is 1. The van der Waals surface area contributed by atoms with Gasteiger partial charge in [0.2, 0.25) is 0 Å². The Morgan fingerprint density at radius 2 is 1.90 bits per heavy atom. The van der Waals surface area contributed by atoms with Crippen LogP contribution in [0.3, 0.4) is 0 Å². The van der Waals surface area contributed by atoms with Gasteiger partial charge >= 0.3 is 5.97 Å². The molecule has 0 bridgehead atoms. The molecule has 0 saturated heterocycles. The van der Waals surface area contributed by atoms with Crippen LogP contribution in [0.1, 0.15) is 27.1 Å². The molecule has 3 aromatic rings. The maximum Gasteiger partial charge on any atom is 0.308 e. The monoisotopic (exact) mass is 440 g/mol. The summed E-state index contributed by atoms with van der Waals surface area (Å²) in [4.78, 5) is 66.0. The second-order valence-corrected chi connectivity index (χ2v) is 7.67. The van der Waals surface area contributed by atoms with Gasteiger partial charge in [0.15, 0.2) is 6.61 Å². The van der Waals surface area contributed by atoms with Gasteiger partial charge in [-0.05, 0) is 29.6 Å². The summed E-state index contributed by atoms with van der Waals surface area (Å²) in [5, 5.41) is 4.77. The zero-order valence-corrected chi connectivity index (χ0v) is 17.1. The highest BCUT2D eigenvalue weighted by atomic mass is 32.1. The summed E-state index contributed by atoms with van der Waals surface area (Å²) in [6.07, 6.45) is 1.27. The highest BCUT2D eigenvalue weighted by Gasteiger charge is 2.32. The summed E-state index contributed by atoms with van der Waals surface area (Å²) in [5.41, 5.74) is 0.524. The number of rotatable bonds is 6. The SMILES string of the molecule is CN1C(=O)c2ccc(NC(=O)COC(=O)CCn3cnc4sccc4c3=O)cc2C1=O. The van der Waals surface area contributed by atoms with Crippen LogP contribution in [0, 0.1) is 0 Å². The minimum absolute atomic E-state index is 0.0759. The number of anilines is 1. The molecule has 158 valence electrons. The maximum absolute atomic E-state index is 12.3. The fourth-order valence-corrected chi connectivity index (χ4v) is 3.84. The van der Waals surface area contributed by atoms with Crippen molar-refractivity contribution in [2.75, 3.05) is 19.0 Å². The molecule has 3 heterocycles. The highest BCUT2D eigenvalue weighted by Crippen LogP contribution is 2.24. The van der Waals surface area contributed by atoms with Crippen LogP contribution in [0.2, 0.25) is 0 Å². The van der Waals surface area contributed by atoms with Crippen molar-refractivity contribution in [3.63, 3.8) is 0 Å². The highest BCUT2D eigenvalue weighted by molar-refractivity contribution is 7.16. The maximum atomic E-state index is 12.3. The molecule has 0 unspecified atom stereocenters. The molecule has 0 atom stereocenters.